The van der Waals surface area contributed by atoms with Crippen LogP contribution in [0.3, 0.4) is 0 Å². The molecule has 0 saturated heterocycles. The highest BCUT2D eigenvalue weighted by Gasteiger charge is 2.13. The first-order valence-corrected chi connectivity index (χ1v) is 6.75. The van der Waals surface area contributed by atoms with E-state index in [0.717, 1.165) is 13.0 Å². The van der Waals surface area contributed by atoms with Crippen molar-refractivity contribution in [2.75, 3.05) is 11.9 Å². The van der Waals surface area contributed by atoms with Gasteiger partial charge in [0.25, 0.3) is 5.95 Å². The third-order valence-corrected chi connectivity index (χ3v) is 2.89. The zero-order valence-corrected chi connectivity index (χ0v) is 11.9. The maximum absolute atomic E-state index is 4.44. The summed E-state index contributed by atoms with van der Waals surface area (Å²) in [6, 6.07) is 1.82. The maximum atomic E-state index is 4.44. The minimum atomic E-state index is 0.464. The lowest BCUT2D eigenvalue weighted by Crippen LogP contribution is -2.12. The zero-order chi connectivity index (χ0) is 14.7. The summed E-state index contributed by atoms with van der Waals surface area (Å²) >= 11 is 0. The van der Waals surface area contributed by atoms with Gasteiger partial charge in [0.2, 0.25) is 11.8 Å². The van der Waals surface area contributed by atoms with E-state index in [0.29, 0.717) is 23.5 Å². The van der Waals surface area contributed by atoms with E-state index in [4.69, 9.17) is 0 Å². The number of hydrogen-bond acceptors (Lipinski definition) is 6. The second kappa shape index (κ2) is 5.70. The van der Waals surface area contributed by atoms with E-state index in [1.807, 2.05) is 23.9 Å². The van der Waals surface area contributed by atoms with Crippen molar-refractivity contribution in [3.63, 3.8) is 0 Å². The molecule has 108 valence electrons. The average molecular weight is 284 g/mol. The molecule has 8 nitrogen and oxygen atoms in total. The molecule has 0 aromatic carbocycles. The molecule has 3 aromatic rings. The van der Waals surface area contributed by atoms with Gasteiger partial charge in [-0.25, -0.2) is 9.67 Å². The summed E-state index contributed by atoms with van der Waals surface area (Å²) < 4.78 is 3.47. The van der Waals surface area contributed by atoms with Crippen LogP contribution in [0, 0.1) is 0 Å². The van der Waals surface area contributed by atoms with Gasteiger partial charge >= 0.3 is 0 Å². The highest BCUT2D eigenvalue weighted by Crippen LogP contribution is 2.15. The molecule has 0 aliphatic rings. The van der Waals surface area contributed by atoms with Crippen LogP contribution in [-0.2, 0) is 7.05 Å². The molecule has 0 spiro atoms. The zero-order valence-electron chi connectivity index (χ0n) is 11.9. The van der Waals surface area contributed by atoms with Gasteiger partial charge in [-0.1, -0.05) is 6.92 Å². The second-order valence-electron chi connectivity index (χ2n) is 4.52. The minimum absolute atomic E-state index is 0.464. The third kappa shape index (κ3) is 2.73. The molecule has 8 heteroatoms. The van der Waals surface area contributed by atoms with Crippen LogP contribution < -0.4 is 5.32 Å². The molecule has 0 atom stereocenters. The van der Waals surface area contributed by atoms with E-state index < -0.39 is 0 Å². The lowest BCUT2D eigenvalue weighted by Gasteiger charge is -2.08. The molecule has 0 aliphatic heterocycles. The number of rotatable bonds is 5. The van der Waals surface area contributed by atoms with E-state index >= 15 is 0 Å². The summed E-state index contributed by atoms with van der Waals surface area (Å²) in [5.41, 5.74) is 0. The van der Waals surface area contributed by atoms with Crippen molar-refractivity contribution in [3.8, 4) is 17.6 Å². The van der Waals surface area contributed by atoms with Crippen molar-refractivity contribution in [3.05, 3.63) is 30.9 Å². The fraction of sp³-hybridized carbons (Fsp3) is 0.308. The fourth-order valence-corrected chi connectivity index (χ4v) is 1.85. The van der Waals surface area contributed by atoms with Gasteiger partial charge in [0.15, 0.2) is 5.82 Å². The first-order chi connectivity index (χ1) is 10.3. The molecule has 0 radical (unpaired) electrons. The molecule has 0 fully saturated rings. The molecule has 0 amide bonds. The van der Waals surface area contributed by atoms with Gasteiger partial charge in [-0.2, -0.15) is 20.1 Å². The average Bonchev–Trinajstić information content (AvgIpc) is 3.16. The van der Waals surface area contributed by atoms with Crippen LogP contribution in [0.2, 0.25) is 0 Å². The van der Waals surface area contributed by atoms with Crippen LogP contribution in [-0.4, -0.2) is 40.8 Å². The van der Waals surface area contributed by atoms with Crippen LogP contribution in [0.15, 0.2) is 30.9 Å². The maximum Gasteiger partial charge on any atom is 0.256 e. The van der Waals surface area contributed by atoms with Gasteiger partial charge < -0.3 is 9.88 Å². The molecule has 21 heavy (non-hydrogen) atoms. The van der Waals surface area contributed by atoms with Crippen molar-refractivity contribution in [1.29, 1.82) is 0 Å². The topological polar surface area (TPSA) is 86.3 Å². The Balaban J connectivity index is 2.07. The van der Waals surface area contributed by atoms with Gasteiger partial charge in [-0.15, -0.1) is 0 Å². The first-order valence-electron chi connectivity index (χ1n) is 6.75. The second-order valence-corrected chi connectivity index (χ2v) is 4.52. The number of hydrogen-bond donors (Lipinski definition) is 1. The predicted molar refractivity (Wildman–Crippen MR) is 77.9 cm³/mol. The summed E-state index contributed by atoms with van der Waals surface area (Å²) in [4.78, 5) is 17.5. The van der Waals surface area contributed by atoms with Crippen LogP contribution in [0.1, 0.15) is 13.3 Å². The highest BCUT2D eigenvalue weighted by molar-refractivity contribution is 5.48. The van der Waals surface area contributed by atoms with Crippen molar-refractivity contribution in [2.45, 2.75) is 13.3 Å². The molecule has 0 aliphatic carbocycles. The quantitative estimate of drug-likeness (QED) is 0.759. The molecule has 3 aromatic heterocycles. The molecule has 0 unspecified atom stereocenters. The van der Waals surface area contributed by atoms with Crippen molar-refractivity contribution in [2.24, 2.45) is 7.05 Å². The van der Waals surface area contributed by atoms with E-state index in [9.17, 15) is 0 Å². The summed E-state index contributed by atoms with van der Waals surface area (Å²) in [5, 5.41) is 7.34. The number of nitrogens with one attached hydrogen (secondary N) is 1. The smallest absolute Gasteiger partial charge is 0.256 e. The van der Waals surface area contributed by atoms with Gasteiger partial charge in [0, 0.05) is 38.4 Å². The third-order valence-electron chi connectivity index (χ3n) is 2.89. The fourth-order valence-electron chi connectivity index (χ4n) is 1.85. The Kier molecular flexibility index (Phi) is 3.59. The predicted octanol–water partition coefficient (Wildman–Crippen LogP) is 1.28. The lowest BCUT2D eigenvalue weighted by atomic mass is 10.5. The van der Waals surface area contributed by atoms with Gasteiger partial charge in [0.05, 0.1) is 0 Å². The minimum Gasteiger partial charge on any atom is -0.354 e. The lowest BCUT2D eigenvalue weighted by molar-refractivity contribution is 0.789. The first kappa shape index (κ1) is 13.2. The Morgan fingerprint density at radius 2 is 2.05 bits per heavy atom. The van der Waals surface area contributed by atoms with E-state index in [1.54, 1.807) is 23.3 Å². The summed E-state index contributed by atoms with van der Waals surface area (Å²) in [6.07, 6.45) is 8.03. The van der Waals surface area contributed by atoms with Gasteiger partial charge in [-0.05, 0) is 12.5 Å². The standard InChI is InChI=1S/C13H16N8/c1-3-5-15-12-17-10(11-14-7-9-20(11)2)18-13(19-12)21-8-4-6-16-21/h4,6-9H,3,5H2,1-2H3,(H,15,17,18,19). The Morgan fingerprint density at radius 1 is 1.14 bits per heavy atom. The molecule has 0 bridgehead atoms. The highest BCUT2D eigenvalue weighted by atomic mass is 15.4. The van der Waals surface area contributed by atoms with Crippen molar-refractivity contribution in [1.82, 2.24) is 34.3 Å². The number of anilines is 1. The van der Waals surface area contributed by atoms with Crippen molar-refractivity contribution >= 4 is 5.95 Å². The Hall–Kier alpha value is -2.77. The number of aromatic nitrogens is 7. The van der Waals surface area contributed by atoms with E-state index in [1.165, 1.54) is 0 Å². The Morgan fingerprint density at radius 3 is 2.71 bits per heavy atom. The van der Waals surface area contributed by atoms with Crippen LogP contribution in [0.5, 0.6) is 0 Å². The monoisotopic (exact) mass is 284 g/mol. The molecule has 0 saturated carbocycles. The summed E-state index contributed by atoms with van der Waals surface area (Å²) in [6.45, 7) is 2.88. The van der Waals surface area contributed by atoms with Crippen LogP contribution in [0.4, 0.5) is 5.95 Å². The largest absolute Gasteiger partial charge is 0.354 e. The normalized spacial score (nSPS) is 10.8. The SMILES string of the molecule is CCCNc1nc(-c2nccn2C)nc(-n2cccn2)n1. The Bertz CT molecular complexity index is 716. The molecular formula is C13H16N8. The van der Waals surface area contributed by atoms with Crippen LogP contribution >= 0.6 is 0 Å². The van der Waals surface area contributed by atoms with Gasteiger partial charge in [-0.3, -0.25) is 0 Å². The summed E-state index contributed by atoms with van der Waals surface area (Å²) in [5.74, 6) is 2.19. The van der Waals surface area contributed by atoms with E-state index in [-0.39, 0.29) is 0 Å². The molecule has 1 N–H and O–H groups in total. The summed E-state index contributed by atoms with van der Waals surface area (Å²) in [7, 11) is 1.90. The number of nitrogens with zero attached hydrogens (tertiary/aromatic N) is 7. The molecule has 3 heterocycles. The number of imidazole rings is 1. The Labute approximate surface area is 121 Å². The molecular weight excluding hydrogens is 268 g/mol. The van der Waals surface area contributed by atoms with E-state index in [2.05, 4.69) is 37.3 Å². The van der Waals surface area contributed by atoms with Gasteiger partial charge in [0.1, 0.15) is 0 Å². The van der Waals surface area contributed by atoms with Crippen LogP contribution in [0.25, 0.3) is 17.6 Å². The molecule has 3 rings (SSSR count). The van der Waals surface area contributed by atoms with Crippen molar-refractivity contribution < 1.29 is 0 Å². The number of aryl methyl sites for hydroxylation is 1.